The minimum absolute atomic E-state index is 0.136. The highest BCUT2D eigenvalue weighted by atomic mass is 19.4. The lowest BCUT2D eigenvalue weighted by atomic mass is 10.1. The third-order valence-electron chi connectivity index (χ3n) is 4.28. The van der Waals surface area contributed by atoms with Crippen LogP contribution < -0.4 is 16.4 Å². The van der Waals surface area contributed by atoms with Crippen molar-refractivity contribution >= 4 is 22.6 Å². The van der Waals surface area contributed by atoms with E-state index in [-0.39, 0.29) is 28.6 Å². The predicted octanol–water partition coefficient (Wildman–Crippen LogP) is 2.90. The second-order valence-corrected chi connectivity index (χ2v) is 6.37. The summed E-state index contributed by atoms with van der Waals surface area (Å²) in [7, 11) is 0. The van der Waals surface area contributed by atoms with E-state index < -0.39 is 29.1 Å². The van der Waals surface area contributed by atoms with Crippen LogP contribution in [-0.2, 0) is 12.7 Å². The number of carbonyl (C=O) groups excluding carboxylic acids is 2. The Kier molecular flexibility index (Phi) is 5.86. The number of nitrogens with zero attached hydrogens (tertiary/aromatic N) is 2. The van der Waals surface area contributed by atoms with Crippen LogP contribution in [0.25, 0.3) is 10.8 Å². The lowest BCUT2D eigenvalue weighted by molar-refractivity contribution is -0.137. The number of hydrogen-bond donors (Lipinski definition) is 2. The number of fused-ring (bicyclic) bond motifs is 1. The van der Waals surface area contributed by atoms with Gasteiger partial charge in [-0.1, -0.05) is 37.3 Å². The van der Waals surface area contributed by atoms with Crippen molar-refractivity contribution in [1.29, 1.82) is 0 Å². The molecule has 3 aromatic rings. The van der Waals surface area contributed by atoms with Crippen LogP contribution in [0.2, 0.25) is 0 Å². The molecule has 30 heavy (non-hydrogen) atoms. The van der Waals surface area contributed by atoms with Crippen LogP contribution >= 0.6 is 0 Å². The second-order valence-electron chi connectivity index (χ2n) is 6.37. The van der Waals surface area contributed by atoms with Crippen molar-refractivity contribution < 1.29 is 22.8 Å². The molecule has 0 saturated heterocycles. The molecule has 0 aliphatic rings. The maximum absolute atomic E-state index is 13.1. The molecular formula is C20H17F3N4O3. The molecule has 1 heterocycles. The van der Waals surface area contributed by atoms with Gasteiger partial charge in [0.15, 0.2) is 5.69 Å². The topological polar surface area (TPSA) is 93.1 Å². The van der Waals surface area contributed by atoms with E-state index in [0.29, 0.717) is 6.42 Å². The van der Waals surface area contributed by atoms with Crippen LogP contribution in [-0.4, -0.2) is 21.6 Å². The zero-order valence-corrected chi connectivity index (χ0v) is 15.8. The number of rotatable bonds is 4. The zero-order valence-electron chi connectivity index (χ0n) is 15.8. The Bertz CT molecular complexity index is 1170. The molecule has 156 valence electrons. The average Bonchev–Trinajstić information content (AvgIpc) is 2.73. The Hall–Kier alpha value is -3.69. The van der Waals surface area contributed by atoms with Gasteiger partial charge in [0, 0.05) is 11.9 Å². The molecule has 0 saturated carbocycles. The molecule has 3 rings (SSSR count). The van der Waals surface area contributed by atoms with Gasteiger partial charge in [-0.2, -0.15) is 18.3 Å². The molecule has 1 aromatic heterocycles. The number of aryl methyl sites for hydroxylation is 1. The van der Waals surface area contributed by atoms with Gasteiger partial charge >= 0.3 is 6.18 Å². The van der Waals surface area contributed by atoms with Crippen molar-refractivity contribution in [3.8, 4) is 0 Å². The van der Waals surface area contributed by atoms with Crippen LogP contribution in [0.15, 0.2) is 53.3 Å². The first kappa shape index (κ1) is 21.0. The Balaban J connectivity index is 1.89. The van der Waals surface area contributed by atoms with E-state index >= 15 is 0 Å². The fourth-order valence-electron chi connectivity index (χ4n) is 2.93. The van der Waals surface area contributed by atoms with E-state index in [1.165, 1.54) is 12.1 Å². The minimum atomic E-state index is -4.73. The first-order valence-corrected chi connectivity index (χ1v) is 9.00. The first-order valence-electron chi connectivity index (χ1n) is 9.00. The molecule has 2 amide bonds. The van der Waals surface area contributed by atoms with Gasteiger partial charge in [0.25, 0.3) is 17.4 Å². The fraction of sp³-hybridized carbons (Fsp3) is 0.200. The van der Waals surface area contributed by atoms with E-state index in [1.54, 1.807) is 18.2 Å². The maximum Gasteiger partial charge on any atom is 0.417 e. The van der Waals surface area contributed by atoms with Crippen molar-refractivity contribution in [3.63, 3.8) is 0 Å². The van der Waals surface area contributed by atoms with Gasteiger partial charge in [0.1, 0.15) is 0 Å². The number of carbonyl (C=O) groups is 2. The van der Waals surface area contributed by atoms with Crippen molar-refractivity contribution in [2.75, 3.05) is 0 Å². The molecular weight excluding hydrogens is 401 g/mol. The number of aromatic nitrogens is 2. The number of hydrogen-bond acceptors (Lipinski definition) is 4. The van der Waals surface area contributed by atoms with E-state index in [2.05, 4.69) is 10.5 Å². The lowest BCUT2D eigenvalue weighted by Crippen LogP contribution is -2.43. The van der Waals surface area contributed by atoms with Gasteiger partial charge in [-0.15, -0.1) is 0 Å². The molecule has 2 N–H and O–H groups in total. The Morgan fingerprint density at radius 2 is 1.57 bits per heavy atom. The molecule has 0 bridgehead atoms. The molecule has 0 atom stereocenters. The number of amides is 2. The van der Waals surface area contributed by atoms with Crippen LogP contribution in [0.3, 0.4) is 0 Å². The van der Waals surface area contributed by atoms with Crippen molar-refractivity contribution in [2.45, 2.75) is 26.1 Å². The summed E-state index contributed by atoms with van der Waals surface area (Å²) in [5, 5.41) is 4.58. The summed E-state index contributed by atoms with van der Waals surface area (Å²) in [6.45, 7) is 2.11. The molecule has 0 spiro atoms. The normalized spacial score (nSPS) is 11.3. The van der Waals surface area contributed by atoms with Crippen molar-refractivity contribution in [3.05, 3.63) is 75.7 Å². The number of halogens is 3. The maximum atomic E-state index is 13.1. The van der Waals surface area contributed by atoms with E-state index in [9.17, 15) is 27.6 Å². The van der Waals surface area contributed by atoms with E-state index in [0.717, 1.165) is 22.9 Å². The van der Waals surface area contributed by atoms with Gasteiger partial charge in [-0.05, 0) is 24.6 Å². The summed E-state index contributed by atoms with van der Waals surface area (Å²) in [6.07, 6.45) is -4.14. The first-order chi connectivity index (χ1) is 14.2. The third-order valence-corrected chi connectivity index (χ3v) is 4.28. The Morgan fingerprint density at radius 1 is 0.967 bits per heavy atom. The summed E-state index contributed by atoms with van der Waals surface area (Å²) >= 11 is 0. The molecule has 2 aromatic carbocycles. The predicted molar refractivity (Wildman–Crippen MR) is 103 cm³/mol. The van der Waals surface area contributed by atoms with Crippen molar-refractivity contribution in [1.82, 2.24) is 20.6 Å². The molecule has 0 aliphatic heterocycles. The van der Waals surface area contributed by atoms with Gasteiger partial charge < -0.3 is 0 Å². The summed E-state index contributed by atoms with van der Waals surface area (Å²) < 4.78 is 40.4. The highest BCUT2D eigenvalue weighted by molar-refractivity contribution is 6.06. The summed E-state index contributed by atoms with van der Waals surface area (Å²) in [4.78, 5) is 37.3. The van der Waals surface area contributed by atoms with Crippen molar-refractivity contribution in [2.24, 2.45) is 0 Å². The molecule has 7 nitrogen and oxygen atoms in total. The molecule has 0 radical (unpaired) electrons. The molecule has 0 fully saturated rings. The Morgan fingerprint density at radius 3 is 2.23 bits per heavy atom. The number of benzene rings is 2. The molecule has 10 heteroatoms. The SMILES string of the molecule is CCCn1nc(C(=O)NNC(=O)c2ccccc2C(F)(F)F)c2ccccc2c1=O. The fourth-order valence-corrected chi connectivity index (χ4v) is 2.93. The highest BCUT2D eigenvalue weighted by Crippen LogP contribution is 2.31. The van der Waals surface area contributed by atoms with E-state index in [4.69, 9.17) is 0 Å². The van der Waals surface area contributed by atoms with E-state index in [1.807, 2.05) is 12.3 Å². The quantitative estimate of drug-likeness (QED) is 0.638. The Labute approximate surface area is 168 Å². The molecule has 0 aliphatic carbocycles. The van der Waals surface area contributed by atoms with Gasteiger partial charge in [-0.3, -0.25) is 25.2 Å². The summed E-state index contributed by atoms with van der Waals surface area (Å²) in [6, 6.07) is 10.5. The third kappa shape index (κ3) is 4.17. The summed E-state index contributed by atoms with van der Waals surface area (Å²) in [5.74, 6) is -2.00. The largest absolute Gasteiger partial charge is 0.417 e. The number of hydrazine groups is 1. The van der Waals surface area contributed by atoms with Crippen LogP contribution in [0, 0.1) is 0 Å². The lowest BCUT2D eigenvalue weighted by Gasteiger charge is -2.14. The number of nitrogens with one attached hydrogen (secondary N) is 2. The van der Waals surface area contributed by atoms with Gasteiger partial charge in [0.2, 0.25) is 0 Å². The standard InChI is InChI=1S/C20H17F3N4O3/c1-2-11-27-19(30)13-8-4-3-7-12(13)16(26-27)18(29)25-24-17(28)14-9-5-6-10-15(14)20(21,22)23/h3-10H,2,11H2,1H3,(H,24,28)(H,25,29). The zero-order chi connectivity index (χ0) is 21.9. The molecule has 0 unspecified atom stereocenters. The summed E-state index contributed by atoms with van der Waals surface area (Å²) in [5.41, 5.74) is 1.78. The van der Waals surface area contributed by atoms with Crippen LogP contribution in [0.4, 0.5) is 13.2 Å². The second kappa shape index (κ2) is 8.36. The highest BCUT2D eigenvalue weighted by Gasteiger charge is 2.35. The van der Waals surface area contributed by atoms with Crippen LogP contribution in [0.5, 0.6) is 0 Å². The average molecular weight is 418 g/mol. The van der Waals surface area contributed by atoms with Gasteiger partial charge in [0.05, 0.1) is 16.5 Å². The van der Waals surface area contributed by atoms with Gasteiger partial charge in [-0.25, -0.2) is 4.68 Å². The smallest absolute Gasteiger partial charge is 0.267 e. The minimum Gasteiger partial charge on any atom is -0.267 e. The monoisotopic (exact) mass is 418 g/mol. The van der Waals surface area contributed by atoms with Crippen LogP contribution in [0.1, 0.15) is 39.8 Å². The number of alkyl halides is 3.